The van der Waals surface area contributed by atoms with Crippen LogP contribution >= 0.6 is 0 Å². The molecule has 1 fully saturated rings. The first kappa shape index (κ1) is 18.0. The Kier molecular flexibility index (Phi) is 5.58. The number of nitrogens with two attached hydrogens (primary N) is 1. The van der Waals surface area contributed by atoms with E-state index in [1.54, 1.807) is 32.6 Å². The molecule has 0 spiro atoms. The van der Waals surface area contributed by atoms with E-state index in [0.29, 0.717) is 30.2 Å². The van der Waals surface area contributed by atoms with Gasteiger partial charge in [0.25, 0.3) is 5.91 Å². The smallest absolute Gasteiger partial charge is 0.317 e. The quantitative estimate of drug-likeness (QED) is 0.832. The maximum atomic E-state index is 12.3. The normalized spacial score (nSPS) is 16.6. The van der Waals surface area contributed by atoms with Crippen LogP contribution in [0.1, 0.15) is 38.1 Å². The molecule has 3 N–H and O–H groups in total. The molecule has 0 aromatic carbocycles. The molecule has 2 rings (SSSR count). The number of aryl methyl sites for hydroxylation is 2. The minimum atomic E-state index is -0.710. The largest absolute Gasteiger partial charge is 0.450 e. The topological polar surface area (TPSA) is 110 Å². The third-order valence-electron chi connectivity index (χ3n) is 4.24. The van der Waals surface area contributed by atoms with E-state index in [4.69, 9.17) is 10.5 Å². The highest BCUT2D eigenvalue weighted by Crippen LogP contribution is 2.16. The number of anilines is 1. The van der Waals surface area contributed by atoms with E-state index < -0.39 is 6.10 Å². The predicted octanol–water partition coefficient (Wildman–Crippen LogP) is 0.570. The van der Waals surface area contributed by atoms with Crippen molar-refractivity contribution in [2.45, 2.75) is 52.7 Å². The van der Waals surface area contributed by atoms with E-state index >= 15 is 0 Å². The summed E-state index contributed by atoms with van der Waals surface area (Å²) < 4.78 is 5.54. The highest BCUT2D eigenvalue weighted by Gasteiger charge is 2.25. The molecule has 1 atom stereocenters. The number of nitrogens with one attached hydrogen (secondary N) is 1. The maximum Gasteiger partial charge on any atom is 0.317 e. The third kappa shape index (κ3) is 4.33. The average Bonchev–Trinajstić information content (AvgIpc) is 2.52. The van der Waals surface area contributed by atoms with Crippen LogP contribution in [0.2, 0.25) is 0 Å². The van der Waals surface area contributed by atoms with Crippen LogP contribution in [0.4, 0.5) is 5.69 Å². The van der Waals surface area contributed by atoms with Gasteiger partial charge in [-0.3, -0.25) is 9.59 Å². The highest BCUT2D eigenvalue weighted by molar-refractivity contribution is 5.81. The van der Waals surface area contributed by atoms with Crippen molar-refractivity contribution in [1.82, 2.24) is 20.2 Å². The number of ether oxygens (including phenoxy) is 1. The molecule has 132 valence electrons. The van der Waals surface area contributed by atoms with Gasteiger partial charge < -0.3 is 20.7 Å². The lowest BCUT2D eigenvalue weighted by molar-refractivity contribution is -0.130. The number of hydrogen-bond donors (Lipinski definition) is 2. The van der Waals surface area contributed by atoms with Gasteiger partial charge in [-0.05, 0) is 33.6 Å². The number of nitrogens with zero attached hydrogens (tertiary/aromatic N) is 3. The molecule has 0 saturated carbocycles. The second-order valence-corrected chi connectivity index (χ2v) is 6.14. The third-order valence-corrected chi connectivity index (χ3v) is 4.24. The molecule has 1 saturated heterocycles. The van der Waals surface area contributed by atoms with E-state index in [9.17, 15) is 9.59 Å². The number of amides is 2. The Labute approximate surface area is 141 Å². The molecule has 0 aliphatic carbocycles. The van der Waals surface area contributed by atoms with Crippen molar-refractivity contribution in [3.8, 4) is 6.01 Å². The van der Waals surface area contributed by atoms with Crippen molar-refractivity contribution in [3.63, 3.8) is 0 Å². The van der Waals surface area contributed by atoms with Crippen molar-refractivity contribution < 1.29 is 14.3 Å². The van der Waals surface area contributed by atoms with Gasteiger partial charge in [0.2, 0.25) is 5.91 Å². The van der Waals surface area contributed by atoms with Crippen LogP contribution in [0.15, 0.2) is 0 Å². The number of carbonyl (C=O) groups excluding carboxylic acids is 2. The second-order valence-electron chi connectivity index (χ2n) is 6.14. The lowest BCUT2D eigenvalue weighted by atomic mass is 10.0. The molecule has 2 amide bonds. The lowest BCUT2D eigenvalue weighted by Gasteiger charge is -2.32. The van der Waals surface area contributed by atoms with Gasteiger partial charge in [0.05, 0.1) is 17.1 Å². The molecule has 24 heavy (non-hydrogen) atoms. The van der Waals surface area contributed by atoms with Crippen molar-refractivity contribution >= 4 is 17.5 Å². The van der Waals surface area contributed by atoms with Gasteiger partial charge >= 0.3 is 6.01 Å². The Morgan fingerprint density at radius 3 is 2.29 bits per heavy atom. The van der Waals surface area contributed by atoms with Gasteiger partial charge in [0.1, 0.15) is 0 Å². The summed E-state index contributed by atoms with van der Waals surface area (Å²) in [4.78, 5) is 33.7. The molecule has 0 radical (unpaired) electrons. The lowest BCUT2D eigenvalue weighted by Crippen LogP contribution is -2.49. The van der Waals surface area contributed by atoms with E-state index in [-0.39, 0.29) is 23.9 Å². The molecule has 1 aromatic heterocycles. The number of likely N-dealkylation sites (tertiary alicyclic amines) is 1. The summed E-state index contributed by atoms with van der Waals surface area (Å²) in [5.74, 6) is -0.144. The molecule has 1 aromatic rings. The summed E-state index contributed by atoms with van der Waals surface area (Å²) in [6, 6.07) is 0.197. The first-order valence-corrected chi connectivity index (χ1v) is 8.11. The Hall–Kier alpha value is -2.38. The van der Waals surface area contributed by atoms with Crippen molar-refractivity contribution in [2.24, 2.45) is 0 Å². The van der Waals surface area contributed by atoms with Crippen molar-refractivity contribution in [2.75, 3.05) is 18.8 Å². The van der Waals surface area contributed by atoms with Gasteiger partial charge in [-0.2, -0.15) is 9.97 Å². The fourth-order valence-corrected chi connectivity index (χ4v) is 2.62. The fourth-order valence-electron chi connectivity index (χ4n) is 2.62. The molecule has 8 heteroatoms. The molecule has 1 aliphatic heterocycles. The summed E-state index contributed by atoms with van der Waals surface area (Å²) in [6.07, 6.45) is 0.779. The number of carbonyl (C=O) groups is 2. The number of aromatic nitrogens is 2. The number of nitrogen functional groups attached to an aromatic ring is 1. The number of rotatable bonds is 4. The van der Waals surface area contributed by atoms with Crippen LogP contribution in [0, 0.1) is 13.8 Å². The highest BCUT2D eigenvalue weighted by atomic mass is 16.5. The van der Waals surface area contributed by atoms with Crippen LogP contribution < -0.4 is 15.8 Å². The first-order valence-electron chi connectivity index (χ1n) is 8.11. The Bertz CT molecular complexity index is 603. The summed E-state index contributed by atoms with van der Waals surface area (Å²) in [6.45, 7) is 8.08. The molecular weight excluding hydrogens is 310 g/mol. The average molecular weight is 335 g/mol. The van der Waals surface area contributed by atoms with Crippen LogP contribution in [0.25, 0.3) is 0 Å². The number of piperidine rings is 1. The standard InChI is InChI=1S/C16H25N5O3/c1-9-14(17)10(2)19-16(18-9)24-11(3)15(23)20-13-5-7-21(8-6-13)12(4)22/h11,13H,5-8,17H2,1-4H3,(H,20,23). The van der Waals surface area contributed by atoms with Gasteiger partial charge in [-0.15, -0.1) is 0 Å². The Balaban J connectivity index is 1.88. The zero-order valence-corrected chi connectivity index (χ0v) is 14.6. The minimum absolute atomic E-state index is 0.0509. The Morgan fingerprint density at radius 1 is 1.25 bits per heavy atom. The molecule has 8 nitrogen and oxygen atoms in total. The molecule has 0 bridgehead atoms. The van der Waals surface area contributed by atoms with E-state index in [1.165, 1.54) is 0 Å². The van der Waals surface area contributed by atoms with Crippen LogP contribution in [0.5, 0.6) is 6.01 Å². The summed E-state index contributed by atoms with van der Waals surface area (Å²) in [7, 11) is 0. The molecule has 1 aliphatic rings. The van der Waals surface area contributed by atoms with E-state index in [0.717, 1.165) is 12.8 Å². The van der Waals surface area contributed by atoms with Crippen molar-refractivity contribution in [3.05, 3.63) is 11.4 Å². The zero-order valence-electron chi connectivity index (χ0n) is 14.6. The van der Waals surface area contributed by atoms with Gasteiger partial charge in [0, 0.05) is 26.1 Å². The van der Waals surface area contributed by atoms with Crippen LogP contribution in [0.3, 0.4) is 0 Å². The van der Waals surface area contributed by atoms with Crippen LogP contribution in [-0.2, 0) is 9.59 Å². The SMILES string of the molecule is CC(=O)N1CCC(NC(=O)C(C)Oc2nc(C)c(N)c(C)n2)CC1. The molecule has 1 unspecified atom stereocenters. The predicted molar refractivity (Wildman–Crippen MR) is 89.4 cm³/mol. The van der Waals surface area contributed by atoms with Gasteiger partial charge in [0.15, 0.2) is 6.10 Å². The van der Waals surface area contributed by atoms with Crippen LogP contribution in [-0.4, -0.2) is 51.9 Å². The zero-order chi connectivity index (χ0) is 17.9. The summed E-state index contributed by atoms with van der Waals surface area (Å²) in [5.41, 5.74) is 7.59. The monoisotopic (exact) mass is 335 g/mol. The molecule has 2 heterocycles. The summed E-state index contributed by atoms with van der Waals surface area (Å²) >= 11 is 0. The fraction of sp³-hybridized carbons (Fsp3) is 0.625. The van der Waals surface area contributed by atoms with Gasteiger partial charge in [-0.1, -0.05) is 0 Å². The Morgan fingerprint density at radius 2 is 1.79 bits per heavy atom. The minimum Gasteiger partial charge on any atom is -0.450 e. The van der Waals surface area contributed by atoms with Gasteiger partial charge in [-0.25, -0.2) is 0 Å². The summed E-state index contributed by atoms with van der Waals surface area (Å²) in [5, 5.41) is 2.96. The van der Waals surface area contributed by atoms with E-state index in [1.807, 2.05) is 0 Å². The number of hydrogen-bond acceptors (Lipinski definition) is 6. The van der Waals surface area contributed by atoms with E-state index in [2.05, 4.69) is 15.3 Å². The first-order chi connectivity index (χ1) is 11.3. The second kappa shape index (κ2) is 7.46. The maximum absolute atomic E-state index is 12.3. The molecular formula is C16H25N5O3. The van der Waals surface area contributed by atoms with Crippen molar-refractivity contribution in [1.29, 1.82) is 0 Å².